The van der Waals surface area contributed by atoms with Crippen LogP contribution in [0.4, 0.5) is 0 Å². The predicted molar refractivity (Wildman–Crippen MR) is 119 cm³/mol. The summed E-state index contributed by atoms with van der Waals surface area (Å²) in [6.07, 6.45) is 1.09. The molecule has 1 rings (SSSR count). The van der Waals surface area contributed by atoms with Crippen molar-refractivity contribution in [3.63, 3.8) is 0 Å². The van der Waals surface area contributed by atoms with Crippen molar-refractivity contribution in [1.29, 1.82) is 0 Å². The Labute approximate surface area is 167 Å². The molecule has 1 saturated heterocycles. The van der Waals surface area contributed by atoms with E-state index in [9.17, 15) is 0 Å². The lowest BCUT2D eigenvalue weighted by atomic mass is 9.99. The monoisotopic (exact) mass is 451 g/mol. The first-order valence-electron chi connectivity index (χ1n) is 9.57. The number of hydrogen-bond donors (Lipinski definition) is 0. The highest BCUT2D eigenvalue weighted by atomic mass is 79.9. The quantitative estimate of drug-likeness (QED) is 0.372. The Balaban J connectivity index is 2.94. The Morgan fingerprint density at radius 3 is 1.52 bits per heavy atom. The Morgan fingerprint density at radius 2 is 1.28 bits per heavy atom. The fourth-order valence-corrected chi connectivity index (χ4v) is 5.73. The van der Waals surface area contributed by atoms with E-state index in [2.05, 4.69) is 95.6 Å². The zero-order chi connectivity index (χ0) is 19.9. The third kappa shape index (κ3) is 5.64. The van der Waals surface area contributed by atoms with E-state index >= 15 is 0 Å². The summed E-state index contributed by atoms with van der Waals surface area (Å²) < 4.78 is 13.3. The van der Waals surface area contributed by atoms with Gasteiger partial charge in [0.25, 0.3) is 0 Å². The van der Waals surface area contributed by atoms with Crippen molar-refractivity contribution in [2.45, 2.75) is 94.6 Å². The van der Waals surface area contributed by atoms with Crippen LogP contribution in [0.15, 0.2) is 0 Å². The first-order valence-corrected chi connectivity index (χ1v) is 16.3. The molecule has 1 atom stereocenters. The molecule has 1 aliphatic heterocycles. The number of alkyl halides is 1. The lowest BCUT2D eigenvalue weighted by Gasteiger charge is -2.45. The summed E-state index contributed by atoms with van der Waals surface area (Å²) in [5, 5.41) is 0.471. The third-order valence-electron chi connectivity index (χ3n) is 6.90. The van der Waals surface area contributed by atoms with E-state index in [-0.39, 0.29) is 15.6 Å². The summed E-state index contributed by atoms with van der Waals surface area (Å²) in [6.45, 7) is 25.8. The van der Waals surface area contributed by atoms with Gasteiger partial charge in [-0.25, -0.2) is 0 Å². The summed E-state index contributed by atoms with van der Waals surface area (Å²) >= 11 is 3.84. The highest BCUT2D eigenvalue weighted by molar-refractivity contribution is 9.09. The molecule has 0 aliphatic carbocycles. The number of likely N-dealkylation sites (tertiary alicyclic amines) is 1. The topological polar surface area (TPSA) is 21.7 Å². The zero-order valence-electron chi connectivity index (χ0n) is 18.5. The van der Waals surface area contributed by atoms with Gasteiger partial charge in [-0.3, -0.25) is 4.90 Å². The third-order valence-corrected chi connectivity index (χ3v) is 16.5. The fraction of sp³-hybridized carbons (Fsp3) is 1.00. The standard InChI is InChI=1S/C19H42BrNO2Si2/c1-17(2,3)24(8,9)22-14-19(12-16(20)13-21(19)7)15-23-25(10,11)18(4,5)6/h16H,12-15H2,1-11H3. The molecule has 0 bridgehead atoms. The molecule has 0 N–H and O–H groups in total. The van der Waals surface area contributed by atoms with Gasteiger partial charge in [0.1, 0.15) is 0 Å². The minimum atomic E-state index is -1.77. The van der Waals surface area contributed by atoms with E-state index < -0.39 is 16.6 Å². The summed E-state index contributed by atoms with van der Waals surface area (Å²) in [4.78, 5) is 2.98. The number of likely N-dealkylation sites (N-methyl/N-ethyl adjacent to an activating group) is 1. The first kappa shape index (κ1) is 23.8. The van der Waals surface area contributed by atoms with Crippen LogP contribution >= 0.6 is 15.9 Å². The van der Waals surface area contributed by atoms with Crippen molar-refractivity contribution in [1.82, 2.24) is 4.90 Å². The maximum atomic E-state index is 6.66. The zero-order valence-corrected chi connectivity index (χ0v) is 22.1. The van der Waals surface area contributed by atoms with E-state index in [0.29, 0.717) is 4.83 Å². The molecule has 150 valence electrons. The Hall–Kier alpha value is 0.794. The molecule has 1 unspecified atom stereocenters. The van der Waals surface area contributed by atoms with Gasteiger partial charge in [-0.05, 0) is 49.7 Å². The van der Waals surface area contributed by atoms with Crippen molar-refractivity contribution in [3.05, 3.63) is 0 Å². The molecule has 1 fully saturated rings. The fourth-order valence-electron chi connectivity index (χ4n) is 2.57. The number of halogens is 1. The van der Waals surface area contributed by atoms with Gasteiger partial charge in [0.2, 0.25) is 0 Å². The molecular formula is C19H42BrNO2Si2. The number of hydrogen-bond acceptors (Lipinski definition) is 3. The largest absolute Gasteiger partial charge is 0.415 e. The van der Waals surface area contributed by atoms with Crippen LogP contribution in [0.3, 0.4) is 0 Å². The number of nitrogens with zero attached hydrogens (tertiary/aromatic N) is 1. The Kier molecular flexibility index (Phi) is 7.31. The van der Waals surface area contributed by atoms with Gasteiger partial charge in [0, 0.05) is 11.4 Å². The van der Waals surface area contributed by atoms with Gasteiger partial charge < -0.3 is 8.85 Å². The number of rotatable bonds is 6. The minimum absolute atomic E-state index is 0.0147. The smallest absolute Gasteiger partial charge is 0.192 e. The van der Waals surface area contributed by atoms with Crippen molar-refractivity contribution in [2.75, 3.05) is 26.8 Å². The van der Waals surface area contributed by atoms with Crippen molar-refractivity contribution in [3.8, 4) is 0 Å². The second-order valence-electron chi connectivity index (χ2n) is 11.0. The average Bonchev–Trinajstić information content (AvgIpc) is 2.67. The van der Waals surface area contributed by atoms with Crippen LogP contribution in [-0.4, -0.2) is 58.7 Å². The molecule has 6 heteroatoms. The SMILES string of the molecule is CN1CC(Br)CC1(CO[Si](C)(C)C(C)(C)C)CO[Si](C)(C)C(C)(C)C. The van der Waals surface area contributed by atoms with E-state index in [1.165, 1.54) is 0 Å². The minimum Gasteiger partial charge on any atom is -0.415 e. The summed E-state index contributed by atoms with van der Waals surface area (Å²) in [5.41, 5.74) is -0.0147. The summed E-state index contributed by atoms with van der Waals surface area (Å²) in [6, 6.07) is 0. The van der Waals surface area contributed by atoms with Gasteiger partial charge in [0.05, 0.1) is 18.8 Å². The van der Waals surface area contributed by atoms with Gasteiger partial charge in [0.15, 0.2) is 16.6 Å². The van der Waals surface area contributed by atoms with Crippen LogP contribution in [-0.2, 0) is 8.85 Å². The molecule has 0 aromatic carbocycles. The first-order chi connectivity index (χ1) is 10.9. The second kappa shape index (κ2) is 7.66. The van der Waals surface area contributed by atoms with Crippen LogP contribution in [0.25, 0.3) is 0 Å². The highest BCUT2D eigenvalue weighted by Gasteiger charge is 2.48. The van der Waals surface area contributed by atoms with Crippen molar-refractivity contribution >= 4 is 32.6 Å². The normalized spacial score (nSPS) is 23.3. The lowest BCUT2D eigenvalue weighted by Crippen LogP contribution is -2.55. The molecule has 0 radical (unpaired) electrons. The van der Waals surface area contributed by atoms with Crippen LogP contribution in [0.1, 0.15) is 48.0 Å². The highest BCUT2D eigenvalue weighted by Crippen LogP contribution is 2.41. The lowest BCUT2D eigenvalue weighted by molar-refractivity contribution is 0.0388. The van der Waals surface area contributed by atoms with Gasteiger partial charge >= 0.3 is 0 Å². The predicted octanol–water partition coefficient (Wildman–Crippen LogP) is 5.87. The Morgan fingerprint density at radius 1 is 0.920 bits per heavy atom. The van der Waals surface area contributed by atoms with Crippen molar-refractivity contribution in [2.24, 2.45) is 0 Å². The van der Waals surface area contributed by atoms with Crippen LogP contribution in [0, 0.1) is 0 Å². The second-order valence-corrected chi connectivity index (χ2v) is 21.9. The molecule has 0 saturated carbocycles. The molecule has 25 heavy (non-hydrogen) atoms. The van der Waals surface area contributed by atoms with Gasteiger partial charge in [-0.15, -0.1) is 0 Å². The van der Waals surface area contributed by atoms with E-state index in [1.807, 2.05) is 0 Å². The van der Waals surface area contributed by atoms with Crippen LogP contribution in [0.2, 0.25) is 36.3 Å². The van der Waals surface area contributed by atoms with Gasteiger partial charge in [-0.2, -0.15) is 0 Å². The molecule has 1 heterocycles. The molecule has 0 spiro atoms. The van der Waals surface area contributed by atoms with E-state index in [0.717, 1.165) is 26.2 Å². The molecule has 1 aliphatic rings. The molecule has 0 aromatic heterocycles. The molecule has 3 nitrogen and oxygen atoms in total. The molecular weight excluding hydrogens is 410 g/mol. The van der Waals surface area contributed by atoms with Gasteiger partial charge in [-0.1, -0.05) is 57.5 Å². The Bertz CT molecular complexity index is 425. The van der Waals surface area contributed by atoms with E-state index in [1.54, 1.807) is 0 Å². The molecule has 0 aromatic rings. The average molecular weight is 453 g/mol. The summed E-state index contributed by atoms with van der Waals surface area (Å²) in [7, 11) is -1.31. The van der Waals surface area contributed by atoms with Crippen molar-refractivity contribution < 1.29 is 8.85 Å². The van der Waals surface area contributed by atoms with E-state index in [4.69, 9.17) is 8.85 Å². The van der Waals surface area contributed by atoms with Crippen LogP contribution in [0.5, 0.6) is 0 Å². The van der Waals surface area contributed by atoms with Crippen LogP contribution < -0.4 is 0 Å². The summed E-state index contributed by atoms with van der Waals surface area (Å²) in [5.74, 6) is 0. The maximum absolute atomic E-state index is 6.66. The maximum Gasteiger partial charge on any atom is 0.192 e. The molecule has 0 amide bonds.